The van der Waals surface area contributed by atoms with E-state index in [4.69, 9.17) is 4.84 Å². The summed E-state index contributed by atoms with van der Waals surface area (Å²) < 4.78 is 0. The average Bonchev–Trinajstić information content (AvgIpc) is 3.27. The zero-order valence-electron chi connectivity index (χ0n) is 13.9. The van der Waals surface area contributed by atoms with Gasteiger partial charge >= 0.3 is 0 Å². The maximum absolute atomic E-state index is 12.4. The normalized spacial score (nSPS) is 11.9. The second kappa shape index (κ2) is 7.91. The fourth-order valence-corrected chi connectivity index (χ4v) is 2.93. The third-order valence-corrected chi connectivity index (χ3v) is 4.35. The van der Waals surface area contributed by atoms with Gasteiger partial charge in [-0.2, -0.15) is 0 Å². The highest BCUT2D eigenvalue weighted by molar-refractivity contribution is 7.09. The molecule has 0 aliphatic heterocycles. The maximum atomic E-state index is 12.4. The van der Waals surface area contributed by atoms with Crippen molar-refractivity contribution in [3.63, 3.8) is 0 Å². The Morgan fingerprint density at radius 1 is 1.40 bits per heavy atom. The van der Waals surface area contributed by atoms with E-state index in [0.29, 0.717) is 11.3 Å². The van der Waals surface area contributed by atoms with E-state index in [0.717, 1.165) is 16.5 Å². The molecule has 1 unspecified atom stereocenters. The molecule has 1 atom stereocenters. The van der Waals surface area contributed by atoms with Crippen LogP contribution in [0.3, 0.4) is 0 Å². The summed E-state index contributed by atoms with van der Waals surface area (Å²) in [7, 11) is 0. The molecule has 0 saturated carbocycles. The second-order valence-electron chi connectivity index (χ2n) is 5.46. The number of nitrogens with zero attached hydrogens (tertiary/aromatic N) is 2. The van der Waals surface area contributed by atoms with Crippen LogP contribution in [0.15, 0.2) is 42.0 Å². The van der Waals surface area contributed by atoms with Gasteiger partial charge in [-0.1, -0.05) is 12.1 Å². The largest absolute Gasteiger partial charge is 0.375 e. The molecule has 130 valence electrons. The molecule has 0 fully saturated rings. The van der Waals surface area contributed by atoms with Crippen molar-refractivity contribution in [2.75, 3.05) is 5.32 Å². The van der Waals surface area contributed by atoms with Crippen LogP contribution in [0.1, 0.15) is 39.8 Å². The van der Waals surface area contributed by atoms with Crippen molar-refractivity contribution >= 4 is 22.9 Å². The monoisotopic (exact) mass is 357 g/mol. The number of thiazole rings is 1. The molecule has 0 spiro atoms. The predicted octanol–water partition coefficient (Wildman–Crippen LogP) is 3.21. The highest BCUT2D eigenvalue weighted by atomic mass is 32.1. The number of imidazole rings is 1. The third kappa shape index (κ3) is 4.43. The van der Waals surface area contributed by atoms with E-state index >= 15 is 0 Å². The number of amides is 1. The van der Waals surface area contributed by atoms with Gasteiger partial charge in [0.1, 0.15) is 12.4 Å². The van der Waals surface area contributed by atoms with Gasteiger partial charge in [0.05, 0.1) is 22.3 Å². The van der Waals surface area contributed by atoms with E-state index in [1.165, 1.54) is 0 Å². The molecule has 8 heteroatoms. The molecule has 1 aromatic carbocycles. The summed E-state index contributed by atoms with van der Waals surface area (Å²) in [6.07, 6.45) is 3.46. The molecule has 1 amide bonds. The first kappa shape index (κ1) is 17.1. The molecular weight excluding hydrogens is 338 g/mol. The van der Waals surface area contributed by atoms with E-state index < -0.39 is 0 Å². The Labute approximate surface area is 149 Å². The number of aromatic nitrogens is 3. The molecule has 0 aliphatic rings. The quantitative estimate of drug-likeness (QED) is 0.565. The summed E-state index contributed by atoms with van der Waals surface area (Å²) >= 11 is 1.54. The van der Waals surface area contributed by atoms with Crippen LogP contribution in [0.25, 0.3) is 0 Å². The Kier molecular flexibility index (Phi) is 5.42. The van der Waals surface area contributed by atoms with Gasteiger partial charge in [-0.25, -0.2) is 15.4 Å². The molecule has 3 aromatic rings. The van der Waals surface area contributed by atoms with Gasteiger partial charge in [0.25, 0.3) is 5.91 Å². The topological polar surface area (TPSA) is 91.9 Å². The molecule has 7 nitrogen and oxygen atoms in total. The van der Waals surface area contributed by atoms with Gasteiger partial charge in [0.15, 0.2) is 0 Å². The van der Waals surface area contributed by atoms with Crippen molar-refractivity contribution in [1.29, 1.82) is 0 Å². The number of hydrogen-bond acceptors (Lipinski definition) is 6. The van der Waals surface area contributed by atoms with E-state index in [2.05, 4.69) is 25.7 Å². The molecule has 3 N–H and O–H groups in total. The molecule has 3 rings (SSSR count). The summed E-state index contributed by atoms with van der Waals surface area (Å²) in [5, 5.41) is 6.15. The van der Waals surface area contributed by atoms with Gasteiger partial charge in [-0.3, -0.25) is 9.63 Å². The Bertz CT molecular complexity index is 831. The first-order valence-electron chi connectivity index (χ1n) is 7.81. The summed E-state index contributed by atoms with van der Waals surface area (Å²) in [5.41, 5.74) is 4.46. The second-order valence-corrected chi connectivity index (χ2v) is 6.53. The van der Waals surface area contributed by atoms with Crippen molar-refractivity contribution in [2.24, 2.45) is 0 Å². The lowest BCUT2D eigenvalue weighted by molar-refractivity contribution is 0.0224. The number of benzene rings is 1. The minimum Gasteiger partial charge on any atom is -0.375 e. The van der Waals surface area contributed by atoms with Gasteiger partial charge < -0.3 is 10.3 Å². The summed E-state index contributed by atoms with van der Waals surface area (Å²) in [6.45, 7) is 4.12. The number of H-pyrrole nitrogens is 1. The van der Waals surface area contributed by atoms with Crippen LogP contribution in [0.2, 0.25) is 0 Å². The fraction of sp³-hybridized carbons (Fsp3) is 0.235. The Balaban J connectivity index is 1.62. The van der Waals surface area contributed by atoms with Crippen LogP contribution in [0.4, 0.5) is 5.69 Å². The zero-order chi connectivity index (χ0) is 17.6. The number of aryl methyl sites for hydroxylation is 1. The number of nitrogens with one attached hydrogen (secondary N) is 3. The lowest BCUT2D eigenvalue weighted by Crippen LogP contribution is -2.25. The van der Waals surface area contributed by atoms with Gasteiger partial charge in [-0.15, -0.1) is 11.3 Å². The number of carbonyl (C=O) groups excluding carboxylic acids is 1. The van der Waals surface area contributed by atoms with Crippen LogP contribution >= 0.6 is 11.3 Å². The molecule has 2 aromatic heterocycles. The van der Waals surface area contributed by atoms with Crippen molar-refractivity contribution < 1.29 is 9.63 Å². The van der Waals surface area contributed by atoms with E-state index in [9.17, 15) is 4.79 Å². The maximum Gasteiger partial charge on any atom is 0.276 e. The number of rotatable bonds is 7. The summed E-state index contributed by atoms with van der Waals surface area (Å²) in [6, 6.07) is 7.19. The standard InChI is InChI=1S/C17H19N5O2S/c1-11(16-18-7-8-19-16)20-15-6-4-3-5-14(15)17(23)22-24-9-13-10-25-12(2)21-13/h3-8,10-11,20H,9H2,1-2H3,(H,18,19)(H,22,23). The van der Waals surface area contributed by atoms with E-state index in [1.54, 1.807) is 35.9 Å². The number of para-hydroxylation sites is 1. The summed E-state index contributed by atoms with van der Waals surface area (Å²) in [4.78, 5) is 29.3. The van der Waals surface area contributed by atoms with Crippen LogP contribution in [0, 0.1) is 6.92 Å². The number of anilines is 1. The Hall–Kier alpha value is -2.71. The van der Waals surface area contributed by atoms with Crippen molar-refractivity contribution in [2.45, 2.75) is 26.5 Å². The van der Waals surface area contributed by atoms with Crippen LogP contribution in [-0.4, -0.2) is 20.9 Å². The van der Waals surface area contributed by atoms with Gasteiger partial charge in [-0.05, 0) is 26.0 Å². The molecule has 25 heavy (non-hydrogen) atoms. The van der Waals surface area contributed by atoms with Crippen molar-refractivity contribution in [3.8, 4) is 0 Å². The summed E-state index contributed by atoms with van der Waals surface area (Å²) in [5.74, 6) is 0.479. The number of aromatic amines is 1. The predicted molar refractivity (Wildman–Crippen MR) is 96.2 cm³/mol. The molecule has 0 radical (unpaired) electrons. The van der Waals surface area contributed by atoms with E-state index in [1.807, 2.05) is 31.4 Å². The Morgan fingerprint density at radius 3 is 2.96 bits per heavy atom. The minimum absolute atomic E-state index is 0.0668. The van der Waals surface area contributed by atoms with Crippen molar-refractivity contribution in [1.82, 2.24) is 20.4 Å². The molecule has 0 bridgehead atoms. The van der Waals surface area contributed by atoms with Crippen LogP contribution < -0.4 is 10.8 Å². The van der Waals surface area contributed by atoms with Gasteiger partial charge in [0, 0.05) is 23.5 Å². The van der Waals surface area contributed by atoms with Crippen LogP contribution in [-0.2, 0) is 11.4 Å². The molecule has 0 aliphatic carbocycles. The number of hydroxylamine groups is 1. The molecular formula is C17H19N5O2S. The SMILES string of the molecule is Cc1nc(CONC(=O)c2ccccc2NC(C)c2ncc[nH]2)cs1. The highest BCUT2D eigenvalue weighted by Gasteiger charge is 2.14. The zero-order valence-corrected chi connectivity index (χ0v) is 14.8. The lowest BCUT2D eigenvalue weighted by Gasteiger charge is -2.16. The lowest BCUT2D eigenvalue weighted by atomic mass is 10.1. The number of hydrogen-bond donors (Lipinski definition) is 3. The van der Waals surface area contributed by atoms with E-state index in [-0.39, 0.29) is 18.6 Å². The first-order valence-corrected chi connectivity index (χ1v) is 8.69. The fourth-order valence-electron chi connectivity index (χ4n) is 2.33. The van der Waals surface area contributed by atoms with Crippen molar-refractivity contribution in [3.05, 3.63) is 64.1 Å². The molecule has 0 saturated heterocycles. The molecule has 2 heterocycles. The minimum atomic E-state index is -0.318. The third-order valence-electron chi connectivity index (χ3n) is 3.52. The first-order chi connectivity index (χ1) is 12.1. The highest BCUT2D eigenvalue weighted by Crippen LogP contribution is 2.20. The smallest absolute Gasteiger partial charge is 0.276 e. The Morgan fingerprint density at radius 2 is 2.24 bits per heavy atom. The van der Waals surface area contributed by atoms with Gasteiger partial charge in [0.2, 0.25) is 0 Å². The number of carbonyl (C=O) groups is 1. The average molecular weight is 357 g/mol. The van der Waals surface area contributed by atoms with Crippen LogP contribution in [0.5, 0.6) is 0 Å².